The number of anilines is 1. The summed E-state index contributed by atoms with van der Waals surface area (Å²) in [6.45, 7) is 4.07. The summed E-state index contributed by atoms with van der Waals surface area (Å²) in [5.74, 6) is -0.699. The fraction of sp³-hybridized carbons (Fsp3) is 0.312. The molecule has 0 radical (unpaired) electrons. The number of aromatic amines is 1. The van der Waals surface area contributed by atoms with Crippen molar-refractivity contribution in [3.05, 3.63) is 50.7 Å². The Labute approximate surface area is 149 Å². The SMILES string of the molecule is CC(C)CCn1c(O)c(C2=NS(=O)(=O)c3ccccc3N2)c(=O)[nH]c1=O. The summed E-state index contributed by atoms with van der Waals surface area (Å²) in [4.78, 5) is 26.3. The first-order chi connectivity index (χ1) is 12.2. The van der Waals surface area contributed by atoms with Gasteiger partial charge in [0.05, 0.1) is 5.69 Å². The van der Waals surface area contributed by atoms with Crippen LogP contribution in [0.15, 0.2) is 43.1 Å². The molecule has 0 spiro atoms. The summed E-state index contributed by atoms with van der Waals surface area (Å²) < 4.78 is 29.3. The summed E-state index contributed by atoms with van der Waals surface area (Å²) in [5.41, 5.74) is -1.85. The monoisotopic (exact) mass is 378 g/mol. The molecule has 26 heavy (non-hydrogen) atoms. The first-order valence-electron chi connectivity index (χ1n) is 7.98. The van der Waals surface area contributed by atoms with Crippen LogP contribution in [-0.2, 0) is 16.6 Å². The predicted molar refractivity (Wildman–Crippen MR) is 96.2 cm³/mol. The maximum atomic E-state index is 12.4. The Hall–Kier alpha value is -2.88. The third-order valence-corrected chi connectivity index (χ3v) is 5.30. The van der Waals surface area contributed by atoms with Gasteiger partial charge in [-0.2, -0.15) is 8.42 Å². The molecular weight excluding hydrogens is 360 g/mol. The van der Waals surface area contributed by atoms with Crippen molar-refractivity contribution in [2.45, 2.75) is 31.7 Å². The lowest BCUT2D eigenvalue weighted by Crippen LogP contribution is -2.37. The molecule has 9 nitrogen and oxygen atoms in total. The van der Waals surface area contributed by atoms with Gasteiger partial charge in [0.2, 0.25) is 5.88 Å². The number of nitrogens with zero attached hydrogens (tertiary/aromatic N) is 2. The average molecular weight is 378 g/mol. The Kier molecular flexibility index (Phi) is 4.45. The van der Waals surface area contributed by atoms with Crippen LogP contribution in [-0.4, -0.2) is 28.9 Å². The van der Waals surface area contributed by atoms with Crippen LogP contribution in [0.1, 0.15) is 25.8 Å². The van der Waals surface area contributed by atoms with E-state index >= 15 is 0 Å². The Morgan fingerprint density at radius 2 is 1.92 bits per heavy atom. The van der Waals surface area contributed by atoms with Gasteiger partial charge < -0.3 is 10.4 Å². The normalized spacial score (nSPS) is 15.3. The topological polar surface area (TPSA) is 134 Å². The van der Waals surface area contributed by atoms with E-state index in [2.05, 4.69) is 14.7 Å². The minimum Gasteiger partial charge on any atom is -0.494 e. The predicted octanol–water partition coefficient (Wildman–Crippen LogP) is 0.849. The summed E-state index contributed by atoms with van der Waals surface area (Å²) >= 11 is 0. The van der Waals surface area contributed by atoms with E-state index < -0.39 is 32.7 Å². The van der Waals surface area contributed by atoms with E-state index in [1.54, 1.807) is 12.1 Å². The average Bonchev–Trinajstić information content (AvgIpc) is 2.53. The molecule has 0 fully saturated rings. The van der Waals surface area contributed by atoms with E-state index in [0.29, 0.717) is 6.42 Å². The number of aromatic hydroxyl groups is 1. The smallest absolute Gasteiger partial charge is 0.331 e. The number of benzene rings is 1. The highest BCUT2D eigenvalue weighted by atomic mass is 32.2. The maximum Gasteiger partial charge on any atom is 0.331 e. The summed E-state index contributed by atoms with van der Waals surface area (Å²) in [5, 5.41) is 13.2. The lowest BCUT2D eigenvalue weighted by atomic mass is 10.1. The molecule has 0 bridgehead atoms. The number of aromatic nitrogens is 2. The van der Waals surface area contributed by atoms with Gasteiger partial charge in [-0.15, -0.1) is 4.40 Å². The van der Waals surface area contributed by atoms with Crippen LogP contribution in [0, 0.1) is 5.92 Å². The van der Waals surface area contributed by atoms with Crippen molar-refractivity contribution in [3.8, 4) is 5.88 Å². The second-order valence-electron chi connectivity index (χ2n) is 6.33. The van der Waals surface area contributed by atoms with Gasteiger partial charge in [0.25, 0.3) is 15.6 Å². The Bertz CT molecular complexity index is 1110. The highest BCUT2D eigenvalue weighted by molar-refractivity contribution is 7.90. The van der Waals surface area contributed by atoms with E-state index in [1.165, 1.54) is 12.1 Å². The standard InChI is InChI=1S/C16H18N4O5S/c1-9(2)7-8-20-15(22)12(14(21)18-16(20)23)13-17-10-5-3-4-6-11(10)26(24,25)19-13/h3-6,9,22H,7-8H2,1-2H3,(H,17,19)(H,18,21,23). The van der Waals surface area contributed by atoms with Crippen molar-refractivity contribution in [1.29, 1.82) is 0 Å². The number of nitrogens with one attached hydrogen (secondary N) is 2. The molecular formula is C16H18N4O5S. The molecule has 3 N–H and O–H groups in total. The van der Waals surface area contributed by atoms with Crippen LogP contribution in [0.5, 0.6) is 5.88 Å². The third kappa shape index (κ3) is 3.15. The van der Waals surface area contributed by atoms with Gasteiger partial charge in [-0.25, -0.2) is 4.79 Å². The fourth-order valence-corrected chi connectivity index (χ4v) is 3.71. The van der Waals surface area contributed by atoms with Crippen molar-refractivity contribution < 1.29 is 13.5 Å². The van der Waals surface area contributed by atoms with E-state index in [1.807, 2.05) is 13.8 Å². The number of sulfonamides is 1. The van der Waals surface area contributed by atoms with E-state index in [-0.39, 0.29) is 28.9 Å². The molecule has 0 saturated heterocycles. The molecule has 0 unspecified atom stereocenters. The van der Waals surface area contributed by atoms with E-state index in [9.17, 15) is 23.1 Å². The number of hydrogen-bond acceptors (Lipinski definition) is 6. The molecule has 0 amide bonds. The van der Waals surface area contributed by atoms with Crippen molar-refractivity contribution in [3.63, 3.8) is 0 Å². The lowest BCUT2D eigenvalue weighted by Gasteiger charge is -2.19. The minimum atomic E-state index is -4.05. The molecule has 0 aliphatic carbocycles. The second-order valence-corrected chi connectivity index (χ2v) is 7.90. The van der Waals surface area contributed by atoms with Crippen molar-refractivity contribution in [2.75, 3.05) is 5.32 Å². The van der Waals surface area contributed by atoms with Crippen LogP contribution in [0.25, 0.3) is 0 Å². The van der Waals surface area contributed by atoms with Crippen molar-refractivity contribution >= 4 is 21.5 Å². The number of fused-ring (bicyclic) bond motifs is 1. The van der Waals surface area contributed by atoms with Crippen LogP contribution < -0.4 is 16.6 Å². The number of para-hydroxylation sites is 1. The first kappa shape index (κ1) is 17.9. The highest BCUT2D eigenvalue weighted by Gasteiger charge is 2.29. The zero-order chi connectivity index (χ0) is 19.1. The number of amidine groups is 1. The quantitative estimate of drug-likeness (QED) is 0.722. The van der Waals surface area contributed by atoms with Gasteiger partial charge in [0, 0.05) is 6.54 Å². The molecule has 1 aliphatic heterocycles. The second kappa shape index (κ2) is 6.45. The summed E-state index contributed by atoms with van der Waals surface area (Å²) in [6.07, 6.45) is 0.583. The molecule has 2 aromatic rings. The fourth-order valence-electron chi connectivity index (χ4n) is 2.59. The van der Waals surface area contributed by atoms with Gasteiger partial charge in [-0.05, 0) is 24.5 Å². The molecule has 0 atom stereocenters. The van der Waals surface area contributed by atoms with Gasteiger partial charge in [-0.3, -0.25) is 14.3 Å². The zero-order valence-corrected chi connectivity index (χ0v) is 15.0. The number of H-pyrrole nitrogens is 1. The van der Waals surface area contributed by atoms with Crippen molar-refractivity contribution in [2.24, 2.45) is 10.3 Å². The molecule has 0 saturated carbocycles. The Morgan fingerprint density at radius 3 is 2.62 bits per heavy atom. The minimum absolute atomic E-state index is 0.0344. The molecule has 2 heterocycles. The summed E-state index contributed by atoms with van der Waals surface area (Å²) in [7, 11) is -4.05. The van der Waals surface area contributed by atoms with Gasteiger partial charge in [-0.1, -0.05) is 26.0 Å². The largest absolute Gasteiger partial charge is 0.494 e. The molecule has 138 valence electrons. The molecule has 10 heteroatoms. The zero-order valence-electron chi connectivity index (χ0n) is 14.2. The van der Waals surface area contributed by atoms with Crippen molar-refractivity contribution in [1.82, 2.24) is 9.55 Å². The summed E-state index contributed by atoms with van der Waals surface area (Å²) in [6, 6.07) is 6.07. The Balaban J connectivity index is 2.16. The molecule has 1 aliphatic rings. The van der Waals surface area contributed by atoms with Gasteiger partial charge in [0.1, 0.15) is 10.5 Å². The van der Waals surface area contributed by atoms with E-state index in [4.69, 9.17) is 0 Å². The molecule has 3 rings (SSSR count). The Morgan fingerprint density at radius 1 is 1.23 bits per heavy atom. The van der Waals surface area contributed by atoms with Gasteiger partial charge >= 0.3 is 5.69 Å². The van der Waals surface area contributed by atoms with E-state index in [0.717, 1.165) is 4.57 Å². The van der Waals surface area contributed by atoms with Crippen LogP contribution in [0.4, 0.5) is 5.69 Å². The highest BCUT2D eigenvalue weighted by Crippen LogP contribution is 2.28. The number of rotatable bonds is 4. The van der Waals surface area contributed by atoms with Crippen LogP contribution in [0.2, 0.25) is 0 Å². The maximum absolute atomic E-state index is 12.4. The lowest BCUT2D eigenvalue weighted by molar-refractivity contribution is 0.383. The third-order valence-electron chi connectivity index (χ3n) is 3.97. The van der Waals surface area contributed by atoms with Crippen LogP contribution >= 0.6 is 0 Å². The van der Waals surface area contributed by atoms with Gasteiger partial charge in [0.15, 0.2) is 5.84 Å². The van der Waals surface area contributed by atoms with Crippen LogP contribution in [0.3, 0.4) is 0 Å². The molecule has 1 aromatic carbocycles. The molecule has 1 aromatic heterocycles. The first-order valence-corrected chi connectivity index (χ1v) is 9.42. The number of hydrogen-bond donors (Lipinski definition) is 3.